The molecule has 1 heterocycles. The summed E-state index contributed by atoms with van der Waals surface area (Å²) in [6, 6.07) is 17.0. The zero-order valence-corrected chi connectivity index (χ0v) is 22.3. The first-order valence-corrected chi connectivity index (χ1v) is 13.0. The number of nitrogens with zero attached hydrogens (tertiary/aromatic N) is 1. The number of rotatable bonds is 7. The van der Waals surface area contributed by atoms with Gasteiger partial charge in [-0.1, -0.05) is 30.3 Å². The van der Waals surface area contributed by atoms with E-state index in [1.54, 1.807) is 19.9 Å². The van der Waals surface area contributed by atoms with Gasteiger partial charge in [-0.15, -0.1) is 0 Å². The number of halogens is 2. The molecule has 8 heteroatoms. The van der Waals surface area contributed by atoms with Crippen LogP contribution in [0, 0.1) is 31.9 Å². The molecule has 1 unspecified atom stereocenters. The second-order valence-electron chi connectivity index (χ2n) is 10.5. The summed E-state index contributed by atoms with van der Waals surface area (Å²) in [6.45, 7) is 7.26. The van der Waals surface area contributed by atoms with Gasteiger partial charge in [0.15, 0.2) is 5.69 Å². The zero-order valence-electron chi connectivity index (χ0n) is 22.3. The lowest BCUT2D eigenvalue weighted by Gasteiger charge is -2.17. The molecule has 202 valence electrons. The minimum absolute atomic E-state index is 0.140. The van der Waals surface area contributed by atoms with E-state index < -0.39 is 23.9 Å². The number of hydrogen-bond donors (Lipinski definition) is 3. The number of carbonyl (C=O) groups is 1. The average molecular weight is 532 g/mol. The lowest BCUT2D eigenvalue weighted by molar-refractivity contribution is -0.594. The molecule has 1 atom stereocenters. The molecule has 1 fully saturated rings. The lowest BCUT2D eigenvalue weighted by atomic mass is 9.92. The van der Waals surface area contributed by atoms with Gasteiger partial charge in [0.2, 0.25) is 5.69 Å². The number of aromatic amines is 1. The van der Waals surface area contributed by atoms with Crippen LogP contribution in [0.25, 0.3) is 22.5 Å². The molecule has 0 radical (unpaired) electrons. The molecule has 6 nitrogen and oxygen atoms in total. The number of benzene rings is 3. The van der Waals surface area contributed by atoms with Gasteiger partial charge in [0.05, 0.1) is 11.7 Å². The third kappa shape index (κ3) is 5.04. The summed E-state index contributed by atoms with van der Waals surface area (Å²) in [7, 11) is 0. The molecular weight excluding hydrogens is 500 g/mol. The molecule has 39 heavy (non-hydrogen) atoms. The summed E-state index contributed by atoms with van der Waals surface area (Å²) >= 11 is 0. The van der Waals surface area contributed by atoms with Crippen molar-refractivity contribution < 1.29 is 23.4 Å². The summed E-state index contributed by atoms with van der Waals surface area (Å²) in [5.74, 6) is -4.20. The van der Waals surface area contributed by atoms with Crippen molar-refractivity contribution in [3.8, 4) is 22.5 Å². The number of imidazole rings is 1. The SMILES string of the molecule is Cc1cccc(C)c1-c1cc(-c2[nH]c(C)c(C(=O)Nc3cccc(C(F)(F)C4CC4)c3)[n+]2[O-])cc(C(C)O)c1. The molecule has 0 aliphatic heterocycles. The van der Waals surface area contributed by atoms with Gasteiger partial charge < -0.3 is 15.6 Å². The Balaban J connectivity index is 1.51. The first-order valence-electron chi connectivity index (χ1n) is 13.0. The Labute approximate surface area is 225 Å². The smallest absolute Gasteiger partial charge is 0.300 e. The fraction of sp³-hybridized carbons (Fsp3) is 0.290. The third-order valence-electron chi connectivity index (χ3n) is 7.36. The van der Waals surface area contributed by atoms with Gasteiger partial charge in [-0.3, -0.25) is 4.79 Å². The molecule has 0 saturated heterocycles. The van der Waals surface area contributed by atoms with Gasteiger partial charge in [0, 0.05) is 24.1 Å². The standard InChI is InChI=1S/C31H31F2N3O3/c1-17-7-5-8-18(2)27(17)22-13-21(20(4)37)14-23(15-22)29-34-19(3)28(36(29)39)30(38)35-26-10-6-9-25(16-26)31(32,33)24-11-12-24/h5-10,13-16,20,24,34,37H,11-12H2,1-4H3,(H,35,38). The third-order valence-corrected chi connectivity index (χ3v) is 7.36. The quantitative estimate of drug-likeness (QED) is 0.183. The minimum Gasteiger partial charge on any atom is -0.710 e. The van der Waals surface area contributed by atoms with Crippen LogP contribution in [0.2, 0.25) is 0 Å². The summed E-state index contributed by atoms with van der Waals surface area (Å²) < 4.78 is 29.7. The number of hydrogen-bond acceptors (Lipinski definition) is 3. The van der Waals surface area contributed by atoms with Crippen LogP contribution in [0.5, 0.6) is 0 Å². The number of aryl methyl sites for hydroxylation is 3. The van der Waals surface area contributed by atoms with E-state index in [-0.39, 0.29) is 22.8 Å². The second-order valence-corrected chi connectivity index (χ2v) is 10.5. The monoisotopic (exact) mass is 531 g/mol. The minimum atomic E-state index is -2.96. The molecule has 5 rings (SSSR count). The second kappa shape index (κ2) is 9.93. The maximum absolute atomic E-state index is 14.6. The van der Waals surface area contributed by atoms with E-state index in [2.05, 4.69) is 10.3 Å². The van der Waals surface area contributed by atoms with Crippen molar-refractivity contribution >= 4 is 11.6 Å². The van der Waals surface area contributed by atoms with E-state index in [0.717, 1.165) is 22.3 Å². The summed E-state index contributed by atoms with van der Waals surface area (Å²) in [5, 5.41) is 26.4. The van der Waals surface area contributed by atoms with Crippen molar-refractivity contribution in [1.29, 1.82) is 0 Å². The number of H-pyrrole nitrogens is 1. The first-order chi connectivity index (χ1) is 18.5. The van der Waals surface area contributed by atoms with Gasteiger partial charge in [0.1, 0.15) is 0 Å². The highest BCUT2D eigenvalue weighted by Crippen LogP contribution is 2.50. The van der Waals surface area contributed by atoms with Crippen LogP contribution >= 0.6 is 0 Å². The fourth-order valence-electron chi connectivity index (χ4n) is 5.12. The Morgan fingerprint density at radius 1 is 1.05 bits per heavy atom. The van der Waals surface area contributed by atoms with Crippen LogP contribution in [0.1, 0.15) is 64.3 Å². The molecule has 0 spiro atoms. The maximum atomic E-state index is 14.6. The van der Waals surface area contributed by atoms with E-state index in [1.165, 1.54) is 24.3 Å². The number of anilines is 1. The number of alkyl halides is 2. The van der Waals surface area contributed by atoms with Crippen molar-refractivity contribution in [1.82, 2.24) is 4.98 Å². The molecule has 4 aromatic rings. The Morgan fingerprint density at radius 3 is 2.33 bits per heavy atom. The van der Waals surface area contributed by atoms with Gasteiger partial charge >= 0.3 is 0 Å². The average Bonchev–Trinajstić information content (AvgIpc) is 3.69. The van der Waals surface area contributed by atoms with Gasteiger partial charge in [-0.25, -0.2) is 18.5 Å². The molecule has 1 amide bonds. The predicted molar refractivity (Wildman–Crippen MR) is 146 cm³/mol. The van der Waals surface area contributed by atoms with E-state index in [9.17, 15) is 23.9 Å². The van der Waals surface area contributed by atoms with E-state index in [4.69, 9.17) is 0 Å². The van der Waals surface area contributed by atoms with E-state index in [0.29, 0.717) is 34.4 Å². The number of aliphatic hydroxyl groups is 1. The topological polar surface area (TPSA) is 92.1 Å². The van der Waals surface area contributed by atoms with E-state index >= 15 is 0 Å². The van der Waals surface area contributed by atoms with Crippen molar-refractivity contribution in [2.24, 2.45) is 5.92 Å². The number of aromatic nitrogens is 2. The molecule has 3 aromatic carbocycles. The highest BCUT2D eigenvalue weighted by Gasteiger charge is 2.48. The van der Waals surface area contributed by atoms with Gasteiger partial charge in [-0.05, 0) is 91.8 Å². The Morgan fingerprint density at radius 2 is 1.69 bits per heavy atom. The highest BCUT2D eigenvalue weighted by molar-refractivity contribution is 6.02. The van der Waals surface area contributed by atoms with Crippen molar-refractivity contribution in [2.45, 2.75) is 52.6 Å². The number of carbonyl (C=O) groups excluding carboxylic acids is 1. The van der Waals surface area contributed by atoms with Crippen LogP contribution in [0.15, 0.2) is 60.7 Å². The Bertz CT molecular complexity index is 1550. The van der Waals surface area contributed by atoms with Crippen molar-refractivity contribution in [3.63, 3.8) is 0 Å². The van der Waals surface area contributed by atoms with Gasteiger partial charge in [0.25, 0.3) is 17.7 Å². The molecule has 1 aromatic heterocycles. The first kappa shape index (κ1) is 26.6. The summed E-state index contributed by atoms with van der Waals surface area (Å²) in [5.41, 5.74) is 5.27. The number of nitrogens with one attached hydrogen (secondary N) is 2. The molecule has 1 aliphatic carbocycles. The maximum Gasteiger partial charge on any atom is 0.300 e. The molecule has 0 bridgehead atoms. The molecule has 1 aliphatic rings. The number of amides is 1. The lowest BCUT2D eigenvalue weighted by Crippen LogP contribution is -2.36. The van der Waals surface area contributed by atoms with E-state index in [1.807, 2.05) is 44.2 Å². The van der Waals surface area contributed by atoms with Gasteiger partial charge in [-0.2, -0.15) is 0 Å². The van der Waals surface area contributed by atoms with Crippen molar-refractivity contribution in [3.05, 3.63) is 99.5 Å². The molecule has 1 saturated carbocycles. The largest absolute Gasteiger partial charge is 0.710 e. The van der Waals surface area contributed by atoms with Crippen molar-refractivity contribution in [2.75, 3.05) is 5.32 Å². The normalized spacial score (nSPS) is 14.3. The van der Waals surface area contributed by atoms with Crippen LogP contribution in [0.4, 0.5) is 14.5 Å². The molecule has 3 N–H and O–H groups in total. The summed E-state index contributed by atoms with van der Waals surface area (Å²) in [6.07, 6.45) is 0.173. The van der Waals surface area contributed by atoms with Crippen LogP contribution in [0.3, 0.4) is 0 Å². The highest BCUT2D eigenvalue weighted by atomic mass is 19.3. The van der Waals surface area contributed by atoms with Crippen LogP contribution in [-0.2, 0) is 5.92 Å². The van der Waals surface area contributed by atoms with Crippen LogP contribution < -0.4 is 10.0 Å². The summed E-state index contributed by atoms with van der Waals surface area (Å²) in [4.78, 5) is 16.2. The van der Waals surface area contributed by atoms with Crippen LogP contribution in [-0.4, -0.2) is 16.0 Å². The Kier molecular flexibility index (Phi) is 6.76. The predicted octanol–water partition coefficient (Wildman–Crippen LogP) is 6.71. The zero-order chi connectivity index (χ0) is 28.1. The number of aliphatic hydroxyl groups excluding tert-OH is 1. The Hall–Kier alpha value is -4.04. The fourth-order valence-corrected chi connectivity index (χ4v) is 5.12. The molecular formula is C31H31F2N3O3.